The van der Waals surface area contributed by atoms with Crippen molar-refractivity contribution in [1.29, 1.82) is 0 Å². The molecule has 0 unspecified atom stereocenters. The lowest BCUT2D eigenvalue weighted by Gasteiger charge is -2.05. The Hall–Kier alpha value is -2.57. The summed E-state index contributed by atoms with van der Waals surface area (Å²) in [6.45, 7) is 0.310. The number of rotatable bonds is 6. The molecular weight excluding hydrogens is 401 g/mol. The van der Waals surface area contributed by atoms with E-state index in [1.54, 1.807) is 0 Å². The average Bonchev–Trinajstić information content (AvgIpc) is 3.04. The molecule has 0 radical (unpaired) electrons. The van der Waals surface area contributed by atoms with Gasteiger partial charge in [-0.2, -0.15) is 0 Å². The van der Waals surface area contributed by atoms with E-state index in [1.165, 1.54) is 18.2 Å². The molecule has 0 aliphatic heterocycles. The van der Waals surface area contributed by atoms with Crippen molar-refractivity contribution >= 4 is 39.2 Å². The van der Waals surface area contributed by atoms with Gasteiger partial charge >= 0.3 is 0 Å². The summed E-state index contributed by atoms with van der Waals surface area (Å²) in [6, 6.07) is 4.03. The predicted octanol–water partition coefficient (Wildman–Crippen LogP) is 1.14. The molecule has 1 aromatic carbocycles. The van der Waals surface area contributed by atoms with E-state index in [0.29, 0.717) is 18.7 Å². The van der Waals surface area contributed by atoms with E-state index in [-0.39, 0.29) is 34.4 Å². The first kappa shape index (κ1) is 18.8. The molecule has 0 saturated heterocycles. The number of halogens is 2. The number of hydroxylamine groups is 1. The maximum atomic E-state index is 13.3. The number of aliphatic hydroxyl groups excluding tert-OH is 1. The molecule has 2 rings (SSSR count). The number of hydrogen-bond acceptors (Lipinski definition) is 7. The number of amidine groups is 1. The van der Waals surface area contributed by atoms with Gasteiger partial charge in [-0.3, -0.25) is 15.7 Å². The van der Waals surface area contributed by atoms with E-state index in [1.807, 2.05) is 5.48 Å². The number of guanidine groups is 1. The smallest absolute Gasteiger partial charge is 0.208 e. The number of nitrogens with one attached hydrogen (secondary N) is 2. The molecule has 6 N–H and O–H groups in total. The zero-order chi connectivity index (χ0) is 18.2. The number of aliphatic hydroxyl groups is 1. The number of aromatic nitrogens is 2. The van der Waals surface area contributed by atoms with Crippen LogP contribution in [0.1, 0.15) is 12.1 Å². The molecule has 12 heteroatoms. The third-order valence-electron chi connectivity index (χ3n) is 2.81. The summed E-state index contributed by atoms with van der Waals surface area (Å²) in [7, 11) is 0. The van der Waals surface area contributed by atoms with Crippen LogP contribution in [0.5, 0.6) is 0 Å². The lowest BCUT2D eigenvalue weighted by molar-refractivity contribution is 0.234. The zero-order valence-corrected chi connectivity index (χ0v) is 14.4. The molecule has 134 valence electrons. The van der Waals surface area contributed by atoms with Gasteiger partial charge in [0.1, 0.15) is 5.82 Å². The van der Waals surface area contributed by atoms with Crippen molar-refractivity contribution in [3.8, 4) is 0 Å². The highest BCUT2D eigenvalue weighted by molar-refractivity contribution is 9.10. The summed E-state index contributed by atoms with van der Waals surface area (Å²) in [5.41, 5.74) is 7.93. The lowest BCUT2D eigenvalue weighted by Crippen LogP contribution is -2.27. The van der Waals surface area contributed by atoms with E-state index in [0.717, 1.165) is 0 Å². The number of hydrogen-bond donors (Lipinski definition) is 5. The summed E-state index contributed by atoms with van der Waals surface area (Å²) in [4.78, 5) is 8.07. The van der Waals surface area contributed by atoms with Crippen LogP contribution in [0, 0.1) is 5.82 Å². The second-order valence-corrected chi connectivity index (χ2v) is 5.46. The molecule has 1 heterocycles. The van der Waals surface area contributed by atoms with Crippen molar-refractivity contribution in [2.24, 2.45) is 15.7 Å². The first-order chi connectivity index (χ1) is 12.0. The van der Waals surface area contributed by atoms with Crippen molar-refractivity contribution in [3.63, 3.8) is 0 Å². The van der Waals surface area contributed by atoms with E-state index in [2.05, 4.69) is 46.2 Å². The second kappa shape index (κ2) is 9.05. The monoisotopic (exact) mass is 415 g/mol. The molecule has 10 nitrogen and oxygen atoms in total. The molecule has 1 aromatic heterocycles. The first-order valence-electron chi connectivity index (χ1n) is 6.99. The SMILES string of the molecule is NC(=NCCCO)Nc1nonc1C(=Nc1ccc(F)c(Br)c1)NO. The van der Waals surface area contributed by atoms with Crippen molar-refractivity contribution in [1.82, 2.24) is 15.8 Å². The Kier molecular flexibility index (Phi) is 6.80. The van der Waals surface area contributed by atoms with Crippen LogP contribution >= 0.6 is 15.9 Å². The highest BCUT2D eigenvalue weighted by atomic mass is 79.9. The molecule has 2 aromatic rings. The Morgan fingerprint density at radius 3 is 2.88 bits per heavy atom. The van der Waals surface area contributed by atoms with Gasteiger partial charge in [0.2, 0.25) is 5.82 Å². The van der Waals surface area contributed by atoms with Crippen LogP contribution in [0.2, 0.25) is 0 Å². The van der Waals surface area contributed by atoms with Crippen molar-refractivity contribution < 1.29 is 19.3 Å². The van der Waals surface area contributed by atoms with E-state index in [4.69, 9.17) is 10.8 Å². The van der Waals surface area contributed by atoms with Gasteiger partial charge in [-0.25, -0.2) is 14.0 Å². The summed E-state index contributed by atoms with van der Waals surface area (Å²) in [6.07, 6.45) is 0.455. The molecule has 0 amide bonds. The largest absolute Gasteiger partial charge is 0.396 e. The molecule has 0 bridgehead atoms. The quantitative estimate of drug-likeness (QED) is 0.203. The van der Waals surface area contributed by atoms with E-state index < -0.39 is 5.82 Å². The Labute approximate surface area is 149 Å². The number of nitrogens with two attached hydrogens (primary N) is 1. The van der Waals surface area contributed by atoms with E-state index >= 15 is 0 Å². The highest BCUT2D eigenvalue weighted by Gasteiger charge is 2.17. The second-order valence-electron chi connectivity index (χ2n) is 4.60. The summed E-state index contributed by atoms with van der Waals surface area (Å²) < 4.78 is 18.1. The standard InChI is InChI=1S/C13H15BrFN7O3/c14-8-6-7(2-3-9(8)15)18-11(20-24)10-12(22-25-21-10)19-13(16)17-4-1-5-23/h2-3,6,23-24H,1,4-5H2,(H,18,20)(H3,16,17,19,22). The van der Waals surface area contributed by atoms with Gasteiger partial charge in [-0.15, -0.1) is 0 Å². The third-order valence-corrected chi connectivity index (χ3v) is 3.42. The van der Waals surface area contributed by atoms with Crippen molar-refractivity contribution in [2.45, 2.75) is 6.42 Å². The molecule has 0 spiro atoms. The molecule has 0 atom stereocenters. The van der Waals surface area contributed by atoms with Crippen LogP contribution in [0.4, 0.5) is 15.9 Å². The Bertz CT molecular complexity index is 781. The number of anilines is 1. The maximum Gasteiger partial charge on any atom is 0.208 e. The highest BCUT2D eigenvalue weighted by Crippen LogP contribution is 2.23. The molecule has 0 aliphatic carbocycles. The van der Waals surface area contributed by atoms with Crippen LogP contribution in [-0.4, -0.2) is 45.6 Å². The third kappa shape index (κ3) is 5.20. The maximum absolute atomic E-state index is 13.3. The number of nitrogens with zero attached hydrogens (tertiary/aromatic N) is 4. The van der Waals surface area contributed by atoms with Gasteiger partial charge in [0.25, 0.3) is 0 Å². The number of aliphatic imine (C=N–C) groups is 2. The minimum atomic E-state index is -0.449. The Balaban J connectivity index is 2.24. The summed E-state index contributed by atoms with van der Waals surface area (Å²) in [5, 5.41) is 27.9. The minimum Gasteiger partial charge on any atom is -0.396 e. The normalized spacial score (nSPS) is 12.3. The summed E-state index contributed by atoms with van der Waals surface area (Å²) >= 11 is 3.05. The van der Waals surface area contributed by atoms with Gasteiger partial charge in [0.15, 0.2) is 17.5 Å². The fraction of sp³-hybridized carbons (Fsp3) is 0.231. The lowest BCUT2D eigenvalue weighted by atomic mass is 10.3. The topological polar surface area (TPSA) is 154 Å². The Morgan fingerprint density at radius 1 is 1.40 bits per heavy atom. The van der Waals surface area contributed by atoms with Gasteiger partial charge in [-0.05, 0) is 50.9 Å². The molecule has 0 saturated carbocycles. The van der Waals surface area contributed by atoms with Crippen LogP contribution in [0.15, 0.2) is 37.3 Å². The average molecular weight is 416 g/mol. The van der Waals surface area contributed by atoms with Crippen LogP contribution < -0.4 is 16.5 Å². The van der Waals surface area contributed by atoms with Crippen LogP contribution in [0.25, 0.3) is 0 Å². The zero-order valence-electron chi connectivity index (χ0n) is 12.8. The fourth-order valence-corrected chi connectivity index (χ4v) is 2.04. The molecule has 0 fully saturated rings. The molecule has 0 aliphatic rings. The van der Waals surface area contributed by atoms with Gasteiger partial charge in [0, 0.05) is 13.2 Å². The van der Waals surface area contributed by atoms with Crippen molar-refractivity contribution in [3.05, 3.63) is 34.2 Å². The summed E-state index contributed by atoms with van der Waals surface area (Å²) in [5.74, 6) is -0.473. The van der Waals surface area contributed by atoms with Gasteiger partial charge in [-0.1, -0.05) is 0 Å². The van der Waals surface area contributed by atoms with Crippen LogP contribution in [-0.2, 0) is 0 Å². The predicted molar refractivity (Wildman–Crippen MR) is 91.3 cm³/mol. The minimum absolute atomic E-state index is 0.00792. The fourth-order valence-electron chi connectivity index (χ4n) is 1.67. The van der Waals surface area contributed by atoms with Gasteiger partial charge in [0.05, 0.1) is 10.2 Å². The first-order valence-corrected chi connectivity index (χ1v) is 7.79. The molecule has 25 heavy (non-hydrogen) atoms. The molecular formula is C13H15BrFN7O3. The van der Waals surface area contributed by atoms with E-state index in [9.17, 15) is 9.60 Å². The van der Waals surface area contributed by atoms with Gasteiger partial charge < -0.3 is 16.2 Å². The van der Waals surface area contributed by atoms with Crippen LogP contribution in [0.3, 0.4) is 0 Å². The Morgan fingerprint density at radius 2 is 2.20 bits per heavy atom. The number of benzene rings is 1. The van der Waals surface area contributed by atoms with Crippen molar-refractivity contribution in [2.75, 3.05) is 18.5 Å².